The number of hydrogen-bond donors (Lipinski definition) is 2. The van der Waals surface area contributed by atoms with E-state index >= 15 is 0 Å². The lowest BCUT2D eigenvalue weighted by Crippen LogP contribution is -2.31. The molecule has 0 aromatic heterocycles. The highest BCUT2D eigenvalue weighted by molar-refractivity contribution is 5.94. The van der Waals surface area contributed by atoms with Crippen molar-refractivity contribution in [2.75, 3.05) is 27.4 Å². The number of carbonyl (C=O) groups excluding carboxylic acids is 1. The summed E-state index contributed by atoms with van der Waals surface area (Å²) in [7, 11) is 3.13. The molecule has 0 bridgehead atoms. The Labute approximate surface area is 164 Å². The SMILES string of the molecule is COc1ccc(C(=O)NCC2CCCO2)cc1Oc1cccc(OC)c1CN. The van der Waals surface area contributed by atoms with E-state index in [9.17, 15) is 4.79 Å². The fraction of sp³-hybridized carbons (Fsp3) is 0.381. The van der Waals surface area contributed by atoms with Gasteiger partial charge in [0.05, 0.1) is 25.9 Å². The molecule has 0 aliphatic carbocycles. The number of ether oxygens (including phenoxy) is 4. The van der Waals surface area contributed by atoms with Crippen molar-refractivity contribution in [2.24, 2.45) is 5.73 Å². The van der Waals surface area contributed by atoms with Crippen molar-refractivity contribution in [3.05, 3.63) is 47.5 Å². The molecule has 2 aromatic rings. The van der Waals surface area contributed by atoms with Gasteiger partial charge in [0.2, 0.25) is 0 Å². The van der Waals surface area contributed by atoms with Crippen molar-refractivity contribution in [3.63, 3.8) is 0 Å². The van der Waals surface area contributed by atoms with Crippen LogP contribution in [0.15, 0.2) is 36.4 Å². The second-order valence-electron chi connectivity index (χ2n) is 6.45. The van der Waals surface area contributed by atoms with Crippen LogP contribution >= 0.6 is 0 Å². The van der Waals surface area contributed by atoms with E-state index in [2.05, 4.69) is 5.32 Å². The topological polar surface area (TPSA) is 92.0 Å². The number of methoxy groups -OCH3 is 2. The summed E-state index contributed by atoms with van der Waals surface area (Å²) in [6.07, 6.45) is 2.09. The van der Waals surface area contributed by atoms with Crippen molar-refractivity contribution >= 4 is 5.91 Å². The molecule has 3 N–H and O–H groups in total. The van der Waals surface area contributed by atoms with Crippen LogP contribution in [0.2, 0.25) is 0 Å². The summed E-state index contributed by atoms with van der Waals surface area (Å²) in [6, 6.07) is 10.5. The van der Waals surface area contributed by atoms with Gasteiger partial charge >= 0.3 is 0 Å². The highest BCUT2D eigenvalue weighted by Gasteiger charge is 2.18. The van der Waals surface area contributed by atoms with Gasteiger partial charge < -0.3 is 30.0 Å². The molecule has 1 fully saturated rings. The van der Waals surface area contributed by atoms with E-state index in [1.165, 1.54) is 0 Å². The van der Waals surface area contributed by atoms with Gasteiger partial charge in [-0.15, -0.1) is 0 Å². The van der Waals surface area contributed by atoms with Gasteiger partial charge in [0, 0.05) is 25.3 Å². The molecule has 0 spiro atoms. The molecule has 3 rings (SSSR count). The third kappa shape index (κ3) is 4.55. The minimum absolute atomic E-state index is 0.0850. The van der Waals surface area contributed by atoms with Gasteiger partial charge in [0.25, 0.3) is 5.91 Å². The molecule has 1 unspecified atom stereocenters. The number of amides is 1. The Hall–Kier alpha value is -2.77. The van der Waals surface area contributed by atoms with E-state index < -0.39 is 0 Å². The van der Waals surface area contributed by atoms with Crippen LogP contribution in [0.3, 0.4) is 0 Å². The maximum atomic E-state index is 12.5. The molecule has 2 aromatic carbocycles. The molecule has 1 saturated heterocycles. The Morgan fingerprint density at radius 2 is 1.93 bits per heavy atom. The third-order valence-corrected chi connectivity index (χ3v) is 4.67. The third-order valence-electron chi connectivity index (χ3n) is 4.67. The molecular formula is C21H26N2O5. The lowest BCUT2D eigenvalue weighted by Gasteiger charge is -2.16. The largest absolute Gasteiger partial charge is 0.496 e. The van der Waals surface area contributed by atoms with E-state index in [1.54, 1.807) is 38.5 Å². The van der Waals surface area contributed by atoms with Crippen LogP contribution in [0.5, 0.6) is 23.0 Å². The van der Waals surface area contributed by atoms with Crippen LogP contribution in [-0.4, -0.2) is 39.4 Å². The minimum Gasteiger partial charge on any atom is -0.496 e. The average molecular weight is 386 g/mol. The first kappa shape index (κ1) is 20.0. The summed E-state index contributed by atoms with van der Waals surface area (Å²) in [4.78, 5) is 12.5. The molecule has 28 heavy (non-hydrogen) atoms. The fourth-order valence-electron chi connectivity index (χ4n) is 3.16. The molecular weight excluding hydrogens is 360 g/mol. The minimum atomic E-state index is -0.187. The van der Waals surface area contributed by atoms with Gasteiger partial charge in [-0.3, -0.25) is 4.79 Å². The molecule has 7 nitrogen and oxygen atoms in total. The summed E-state index contributed by atoms with van der Waals surface area (Å²) >= 11 is 0. The van der Waals surface area contributed by atoms with E-state index in [4.69, 9.17) is 24.7 Å². The highest BCUT2D eigenvalue weighted by atomic mass is 16.5. The maximum absolute atomic E-state index is 12.5. The molecule has 150 valence electrons. The highest BCUT2D eigenvalue weighted by Crippen LogP contribution is 2.36. The zero-order valence-corrected chi connectivity index (χ0v) is 16.2. The lowest BCUT2D eigenvalue weighted by molar-refractivity contribution is 0.0857. The first-order valence-electron chi connectivity index (χ1n) is 9.28. The van der Waals surface area contributed by atoms with Crippen molar-refractivity contribution in [3.8, 4) is 23.0 Å². The predicted octanol–water partition coefficient (Wildman–Crippen LogP) is 2.86. The normalized spacial score (nSPS) is 15.9. The lowest BCUT2D eigenvalue weighted by atomic mass is 10.1. The van der Waals surface area contributed by atoms with E-state index in [0.29, 0.717) is 35.1 Å². The second-order valence-corrected chi connectivity index (χ2v) is 6.45. The molecule has 0 radical (unpaired) electrons. The molecule has 1 atom stereocenters. The van der Waals surface area contributed by atoms with E-state index in [1.807, 2.05) is 12.1 Å². The number of rotatable bonds is 8. The van der Waals surface area contributed by atoms with Gasteiger partial charge in [0.1, 0.15) is 11.5 Å². The van der Waals surface area contributed by atoms with Crippen molar-refractivity contribution in [2.45, 2.75) is 25.5 Å². The summed E-state index contributed by atoms with van der Waals surface area (Å²) in [5, 5.41) is 2.91. The molecule has 1 amide bonds. The van der Waals surface area contributed by atoms with Crippen LogP contribution in [0, 0.1) is 0 Å². The van der Waals surface area contributed by atoms with Gasteiger partial charge in [-0.2, -0.15) is 0 Å². The average Bonchev–Trinajstić information content (AvgIpc) is 3.25. The van der Waals surface area contributed by atoms with E-state index in [-0.39, 0.29) is 18.6 Å². The van der Waals surface area contributed by atoms with Gasteiger partial charge in [-0.05, 0) is 43.2 Å². The Morgan fingerprint density at radius 1 is 1.14 bits per heavy atom. The van der Waals surface area contributed by atoms with Crippen LogP contribution in [0.4, 0.5) is 0 Å². The number of hydrogen-bond acceptors (Lipinski definition) is 6. The summed E-state index contributed by atoms with van der Waals surface area (Å²) < 4.78 is 22.3. The molecule has 0 saturated carbocycles. The first-order valence-corrected chi connectivity index (χ1v) is 9.28. The van der Waals surface area contributed by atoms with Crippen LogP contribution in [0.1, 0.15) is 28.8 Å². The van der Waals surface area contributed by atoms with Crippen molar-refractivity contribution in [1.82, 2.24) is 5.32 Å². The first-order chi connectivity index (χ1) is 13.7. The van der Waals surface area contributed by atoms with E-state index in [0.717, 1.165) is 25.0 Å². The van der Waals surface area contributed by atoms with Crippen molar-refractivity contribution in [1.29, 1.82) is 0 Å². The fourth-order valence-corrected chi connectivity index (χ4v) is 3.16. The summed E-state index contributed by atoms with van der Waals surface area (Å²) in [6.45, 7) is 1.50. The number of nitrogens with two attached hydrogens (primary N) is 1. The standard InChI is InChI=1S/C21H26N2O5/c1-25-17-6-3-7-18(16(17)12-22)28-20-11-14(8-9-19(20)26-2)21(24)23-13-15-5-4-10-27-15/h3,6-9,11,15H,4-5,10,12-13,22H2,1-2H3,(H,23,24). The quantitative estimate of drug-likeness (QED) is 0.725. The van der Waals surface area contributed by atoms with Crippen LogP contribution in [-0.2, 0) is 11.3 Å². The Bertz CT molecular complexity index is 818. The predicted molar refractivity (Wildman–Crippen MR) is 105 cm³/mol. The maximum Gasteiger partial charge on any atom is 0.251 e. The number of nitrogens with one attached hydrogen (secondary N) is 1. The smallest absolute Gasteiger partial charge is 0.251 e. The Kier molecular flexibility index (Phi) is 6.73. The van der Waals surface area contributed by atoms with Crippen molar-refractivity contribution < 1.29 is 23.7 Å². The summed E-state index contributed by atoms with van der Waals surface area (Å²) in [5.41, 5.74) is 7.08. The molecule has 7 heteroatoms. The van der Waals surface area contributed by atoms with Gasteiger partial charge in [0.15, 0.2) is 11.5 Å². The second kappa shape index (κ2) is 9.43. The number of carbonyl (C=O) groups is 1. The number of benzene rings is 2. The van der Waals surface area contributed by atoms with Gasteiger partial charge in [-0.25, -0.2) is 0 Å². The monoisotopic (exact) mass is 386 g/mol. The van der Waals surface area contributed by atoms with Gasteiger partial charge in [-0.1, -0.05) is 6.07 Å². The summed E-state index contributed by atoms with van der Waals surface area (Å²) in [5.74, 6) is 1.95. The van der Waals surface area contributed by atoms with Crippen LogP contribution < -0.4 is 25.3 Å². The molecule has 1 heterocycles. The Balaban J connectivity index is 1.80. The van der Waals surface area contributed by atoms with Crippen LogP contribution in [0.25, 0.3) is 0 Å². The molecule has 1 aliphatic rings. The zero-order valence-electron chi connectivity index (χ0n) is 16.2. The molecule has 1 aliphatic heterocycles. The zero-order chi connectivity index (χ0) is 19.9. The Morgan fingerprint density at radius 3 is 2.61 bits per heavy atom.